The number of non-ortho nitro benzene ring substituents is 1. The Kier molecular flexibility index (Phi) is 6.17. The van der Waals surface area contributed by atoms with Crippen molar-refractivity contribution < 1.29 is 19.2 Å². The van der Waals surface area contributed by atoms with Gasteiger partial charge in [0.25, 0.3) is 11.6 Å². The summed E-state index contributed by atoms with van der Waals surface area (Å²) in [5.74, 6) is -0.870. The number of nitro benzene ring substituents is 1. The van der Waals surface area contributed by atoms with Crippen molar-refractivity contribution in [2.75, 3.05) is 20.3 Å². The molecular weight excluding hydrogens is 376 g/mol. The first kappa shape index (κ1) is 20.8. The van der Waals surface area contributed by atoms with Crippen LogP contribution in [0.1, 0.15) is 37.7 Å². The fourth-order valence-corrected chi connectivity index (χ4v) is 4.19. The normalized spacial score (nSPS) is 22.4. The Morgan fingerprint density at radius 2 is 2.10 bits per heavy atom. The molecule has 0 spiro atoms. The van der Waals surface area contributed by atoms with Crippen LogP contribution in [0, 0.1) is 10.1 Å². The van der Waals surface area contributed by atoms with Crippen molar-refractivity contribution in [3.63, 3.8) is 0 Å². The number of nitrogens with two attached hydrogens (primary N) is 1. The topological polar surface area (TPSA) is 128 Å². The monoisotopic (exact) mass is 402 g/mol. The maximum absolute atomic E-state index is 13.6. The van der Waals surface area contributed by atoms with Crippen molar-refractivity contribution in [3.8, 4) is 0 Å². The minimum Gasteiger partial charge on any atom is -0.399 e. The molecule has 1 aliphatic heterocycles. The number of carbonyl (C=O) groups excluding carboxylic acids is 2. The van der Waals surface area contributed by atoms with E-state index in [-0.39, 0.29) is 36.1 Å². The summed E-state index contributed by atoms with van der Waals surface area (Å²) < 4.78 is 5.11. The van der Waals surface area contributed by atoms with Crippen molar-refractivity contribution in [2.24, 2.45) is 5.73 Å². The number of methoxy groups -OCH3 is 1. The van der Waals surface area contributed by atoms with Gasteiger partial charge in [-0.2, -0.15) is 0 Å². The number of ether oxygens (including phenoxy) is 1. The summed E-state index contributed by atoms with van der Waals surface area (Å²) in [6, 6.07) is 5.71. The number of nitro groups is 1. The van der Waals surface area contributed by atoms with E-state index in [0.29, 0.717) is 0 Å². The van der Waals surface area contributed by atoms with Crippen molar-refractivity contribution in [3.05, 3.63) is 51.7 Å². The van der Waals surface area contributed by atoms with Gasteiger partial charge in [-0.25, -0.2) is 0 Å². The van der Waals surface area contributed by atoms with Crippen LogP contribution >= 0.6 is 0 Å². The van der Waals surface area contributed by atoms with Crippen LogP contribution in [0.3, 0.4) is 0 Å². The lowest BCUT2D eigenvalue weighted by Crippen LogP contribution is -2.59. The second-order valence-electron chi connectivity index (χ2n) is 7.41. The van der Waals surface area contributed by atoms with Crippen molar-refractivity contribution in [2.45, 2.75) is 43.7 Å². The zero-order valence-electron chi connectivity index (χ0n) is 16.4. The number of hydrogen-bond acceptors (Lipinski definition) is 6. The van der Waals surface area contributed by atoms with Crippen LogP contribution in [0.5, 0.6) is 0 Å². The zero-order chi connectivity index (χ0) is 21.0. The molecule has 0 aromatic heterocycles. The number of benzene rings is 1. The maximum Gasteiger partial charge on any atom is 0.269 e. The van der Waals surface area contributed by atoms with E-state index in [4.69, 9.17) is 10.5 Å². The van der Waals surface area contributed by atoms with Gasteiger partial charge in [0.15, 0.2) is 5.54 Å². The van der Waals surface area contributed by atoms with Crippen LogP contribution in [0.4, 0.5) is 5.69 Å². The molecule has 29 heavy (non-hydrogen) atoms. The van der Waals surface area contributed by atoms with E-state index in [9.17, 15) is 19.7 Å². The second-order valence-corrected chi connectivity index (χ2v) is 7.41. The van der Waals surface area contributed by atoms with Crippen molar-refractivity contribution in [1.82, 2.24) is 10.2 Å². The lowest BCUT2D eigenvalue weighted by molar-refractivity contribution is -0.385. The van der Waals surface area contributed by atoms with Crippen LogP contribution < -0.4 is 11.1 Å². The molecule has 1 aromatic rings. The maximum atomic E-state index is 13.6. The van der Waals surface area contributed by atoms with Gasteiger partial charge in [0.05, 0.1) is 17.2 Å². The summed E-state index contributed by atoms with van der Waals surface area (Å²) >= 11 is 0. The fourth-order valence-electron chi connectivity index (χ4n) is 4.19. The molecule has 0 bridgehead atoms. The average molecular weight is 402 g/mol. The van der Waals surface area contributed by atoms with Gasteiger partial charge >= 0.3 is 0 Å². The van der Waals surface area contributed by atoms with Gasteiger partial charge in [-0.3, -0.25) is 19.7 Å². The molecule has 1 heterocycles. The Labute approximate surface area is 169 Å². The van der Waals surface area contributed by atoms with E-state index >= 15 is 0 Å². The summed E-state index contributed by atoms with van der Waals surface area (Å²) in [5.41, 5.74) is 4.78. The summed E-state index contributed by atoms with van der Waals surface area (Å²) in [6.07, 6.45) is 6.09. The first-order chi connectivity index (χ1) is 13.9. The van der Waals surface area contributed by atoms with Gasteiger partial charge in [0, 0.05) is 43.5 Å². The Bertz CT molecular complexity index is 834. The highest BCUT2D eigenvalue weighted by atomic mass is 16.6. The molecule has 9 heteroatoms. The van der Waals surface area contributed by atoms with Gasteiger partial charge in [-0.05, 0) is 12.8 Å². The first-order valence-electron chi connectivity index (χ1n) is 9.75. The van der Waals surface area contributed by atoms with E-state index in [1.165, 1.54) is 36.3 Å². The molecule has 1 unspecified atom stereocenters. The van der Waals surface area contributed by atoms with Crippen LogP contribution in [-0.4, -0.2) is 47.9 Å². The molecule has 1 saturated carbocycles. The first-order valence-corrected chi connectivity index (χ1v) is 9.75. The van der Waals surface area contributed by atoms with Crippen LogP contribution in [0.15, 0.2) is 36.0 Å². The molecule has 0 saturated heterocycles. The van der Waals surface area contributed by atoms with E-state index in [2.05, 4.69) is 5.32 Å². The molecule has 1 aromatic carbocycles. The SMILES string of the molecule is COCCN1C(=O)C=C(N)C1(C(=O)NC1CCCCC1)c1cccc([N+](=O)[O-])c1. The number of amides is 2. The van der Waals surface area contributed by atoms with Gasteiger partial charge in [0.1, 0.15) is 0 Å². The molecule has 1 fully saturated rings. The quantitative estimate of drug-likeness (QED) is 0.526. The van der Waals surface area contributed by atoms with Gasteiger partial charge in [0.2, 0.25) is 5.91 Å². The van der Waals surface area contributed by atoms with Crippen LogP contribution in [0.2, 0.25) is 0 Å². The number of nitrogens with zero attached hydrogens (tertiary/aromatic N) is 2. The largest absolute Gasteiger partial charge is 0.399 e. The van der Waals surface area contributed by atoms with Crippen molar-refractivity contribution >= 4 is 17.5 Å². The minimum absolute atomic E-state index is 0.0143. The number of carbonyl (C=O) groups is 2. The van der Waals surface area contributed by atoms with E-state index < -0.39 is 22.3 Å². The smallest absolute Gasteiger partial charge is 0.269 e. The van der Waals surface area contributed by atoms with E-state index in [1.807, 2.05) is 0 Å². The van der Waals surface area contributed by atoms with E-state index in [0.717, 1.165) is 32.1 Å². The predicted molar refractivity (Wildman–Crippen MR) is 106 cm³/mol. The molecule has 1 aliphatic carbocycles. The number of rotatable bonds is 7. The molecule has 3 N–H and O–H groups in total. The second kappa shape index (κ2) is 8.60. The zero-order valence-corrected chi connectivity index (χ0v) is 16.4. The Balaban J connectivity index is 2.08. The van der Waals surface area contributed by atoms with Gasteiger partial charge in [-0.15, -0.1) is 0 Å². The standard InChI is InChI=1S/C20H26N4O5/c1-29-11-10-23-18(25)13-17(21)20(23,14-6-5-9-16(12-14)24(27)28)19(26)22-15-7-3-2-4-8-15/h5-6,9,12-13,15H,2-4,7-8,10-11,21H2,1H3,(H,22,26). The number of nitrogens with one attached hydrogen (secondary N) is 1. The molecule has 0 radical (unpaired) electrons. The molecule has 3 rings (SSSR count). The third-order valence-electron chi connectivity index (χ3n) is 5.63. The third kappa shape index (κ3) is 3.82. The summed E-state index contributed by atoms with van der Waals surface area (Å²) in [7, 11) is 1.49. The molecule has 2 aliphatic rings. The third-order valence-corrected chi connectivity index (χ3v) is 5.63. The molecule has 1 atom stereocenters. The average Bonchev–Trinajstić information content (AvgIpc) is 2.97. The minimum atomic E-state index is -1.64. The summed E-state index contributed by atoms with van der Waals surface area (Å²) in [6.45, 7) is 0.313. The molecular formula is C20H26N4O5. The Morgan fingerprint density at radius 1 is 1.38 bits per heavy atom. The Morgan fingerprint density at radius 3 is 2.76 bits per heavy atom. The predicted octanol–water partition coefficient (Wildman–Crippen LogP) is 1.57. The lowest BCUT2D eigenvalue weighted by atomic mass is 9.84. The van der Waals surface area contributed by atoms with Gasteiger partial charge < -0.3 is 20.7 Å². The number of hydrogen-bond donors (Lipinski definition) is 2. The highest BCUT2D eigenvalue weighted by Gasteiger charge is 2.54. The fraction of sp³-hybridized carbons (Fsp3) is 0.500. The van der Waals surface area contributed by atoms with Crippen molar-refractivity contribution in [1.29, 1.82) is 0 Å². The lowest BCUT2D eigenvalue weighted by Gasteiger charge is -2.40. The van der Waals surface area contributed by atoms with E-state index in [1.54, 1.807) is 6.07 Å². The van der Waals surface area contributed by atoms with Crippen LogP contribution in [0.25, 0.3) is 0 Å². The summed E-state index contributed by atoms with van der Waals surface area (Å²) in [5, 5.41) is 14.4. The molecule has 156 valence electrons. The highest BCUT2D eigenvalue weighted by Crippen LogP contribution is 2.40. The molecule has 9 nitrogen and oxygen atoms in total. The summed E-state index contributed by atoms with van der Waals surface area (Å²) in [4.78, 5) is 38.4. The Hall–Kier alpha value is -2.94. The highest BCUT2D eigenvalue weighted by molar-refractivity contribution is 6.04. The van der Waals surface area contributed by atoms with Crippen LogP contribution in [-0.2, 0) is 19.9 Å². The molecule has 2 amide bonds. The van der Waals surface area contributed by atoms with Gasteiger partial charge in [-0.1, -0.05) is 31.4 Å².